The van der Waals surface area contributed by atoms with Gasteiger partial charge in [0, 0.05) is 90.7 Å². The molecule has 0 spiro atoms. The van der Waals surface area contributed by atoms with Gasteiger partial charge in [0.2, 0.25) is 18.3 Å². The number of anilines is 4. The van der Waals surface area contributed by atoms with E-state index in [2.05, 4.69) is 75.5 Å². The lowest BCUT2D eigenvalue weighted by atomic mass is 9.85. The number of amides is 2. The lowest BCUT2D eigenvalue weighted by molar-refractivity contribution is -0.125. The van der Waals surface area contributed by atoms with Crippen LogP contribution in [0.4, 0.5) is 23.1 Å². The van der Waals surface area contributed by atoms with Gasteiger partial charge in [0.15, 0.2) is 18.3 Å². The highest BCUT2D eigenvalue weighted by Gasteiger charge is 2.35. The number of carbonyl (C=O) groups excluding carboxylic acids is 4. The summed E-state index contributed by atoms with van der Waals surface area (Å²) in [5.41, 5.74) is 18.4. The third kappa shape index (κ3) is 11.3. The fourth-order valence-corrected chi connectivity index (χ4v) is 11.7. The number of benzene rings is 3. The number of fused-ring (bicyclic) bond motifs is 1. The van der Waals surface area contributed by atoms with Crippen molar-refractivity contribution in [1.82, 2.24) is 19.2 Å². The molecule has 2 fully saturated rings. The number of ether oxygens (including phenoxy) is 1. The number of imidazole rings is 1. The number of nitrogens with zero attached hydrogens (tertiary/aromatic N) is 5. The van der Waals surface area contributed by atoms with Crippen molar-refractivity contribution in [2.24, 2.45) is 5.73 Å². The fourth-order valence-electron chi connectivity index (χ4n) is 9.25. The summed E-state index contributed by atoms with van der Waals surface area (Å²) in [6, 6.07) is 18.6. The summed E-state index contributed by atoms with van der Waals surface area (Å²) in [6.07, 6.45) is 12.0. The van der Waals surface area contributed by atoms with Crippen LogP contribution >= 0.6 is 34.9 Å². The number of thiophene rings is 1. The molecule has 5 aromatic rings. The molecule has 2 atom stereocenters. The number of aromatic nitrogens is 2. The molecule has 4 heterocycles. The van der Waals surface area contributed by atoms with Crippen molar-refractivity contribution in [3.8, 4) is 16.2 Å². The van der Waals surface area contributed by atoms with Gasteiger partial charge in [0.1, 0.15) is 17.4 Å². The van der Waals surface area contributed by atoms with Crippen molar-refractivity contribution in [1.29, 1.82) is 0 Å². The Morgan fingerprint density at radius 2 is 1.90 bits per heavy atom. The molecule has 17 heteroatoms. The zero-order valence-electron chi connectivity index (χ0n) is 38.5. The van der Waals surface area contributed by atoms with Crippen LogP contribution in [0, 0.1) is 0 Å². The van der Waals surface area contributed by atoms with Crippen molar-refractivity contribution in [2.45, 2.75) is 82.8 Å². The highest BCUT2D eigenvalue weighted by atomic mass is 35.5. The summed E-state index contributed by atoms with van der Waals surface area (Å²) in [5, 5.41) is 8.41. The summed E-state index contributed by atoms with van der Waals surface area (Å²) in [6.45, 7) is 12.8. The molecule has 0 saturated carbocycles. The zero-order chi connectivity index (χ0) is 47.8. The maximum Gasteiger partial charge on any atom is 0.226 e. The van der Waals surface area contributed by atoms with Gasteiger partial charge in [-0.25, -0.2) is 4.31 Å². The summed E-state index contributed by atoms with van der Waals surface area (Å²) in [5.74, 6) is 2.23. The van der Waals surface area contributed by atoms with E-state index in [1.807, 2.05) is 55.2 Å². The minimum atomic E-state index is -0.312. The van der Waals surface area contributed by atoms with Crippen molar-refractivity contribution in [3.05, 3.63) is 94.1 Å². The number of nitrogens with two attached hydrogens (primary N) is 2. The van der Waals surface area contributed by atoms with Crippen molar-refractivity contribution < 1.29 is 23.9 Å². The highest BCUT2D eigenvalue weighted by molar-refractivity contribution is 7.97. The van der Waals surface area contributed by atoms with Crippen molar-refractivity contribution in [2.75, 3.05) is 59.9 Å². The van der Waals surface area contributed by atoms with Gasteiger partial charge >= 0.3 is 0 Å². The van der Waals surface area contributed by atoms with Crippen molar-refractivity contribution >= 4 is 106 Å². The number of carbonyl (C=O) groups is 4. The van der Waals surface area contributed by atoms with E-state index in [0.29, 0.717) is 52.9 Å². The van der Waals surface area contributed by atoms with Crippen molar-refractivity contribution in [3.63, 3.8) is 0 Å². The Morgan fingerprint density at radius 3 is 2.61 bits per heavy atom. The Hall–Kier alpha value is -5.81. The molecule has 2 aliphatic heterocycles. The number of nitrogens with one attached hydrogen (secondary N) is 2. The number of halogens is 1. The standard InChI is InChI=1S/C50H60ClN9O5S2/c1-6-42-47(65-24-23-61)46(51)48(67-42)34-9-7-11-37(25-34)55-38-19-22-60(50(3,4)26-38)66-30-36(52)27-59-28-43(56-49(59)53)58-20-17-33(18-21-58)39-14-15-41(45-35(29-62)10-8-12-40(39)45)57(5)32(2)13-16-44(64)54-31-63/h6-12,14-15,23,25,27-29,31-33,38,55H,1,13,16-22,24,26,30,52H2,2-5H3,(H2,53,56)(H,54,63,64)/b36-27-. The number of hydrogen-bond acceptors (Lipinski definition) is 14. The second kappa shape index (κ2) is 21.9. The van der Waals surface area contributed by atoms with E-state index in [4.69, 9.17) is 32.8 Å². The third-order valence-corrected chi connectivity index (χ3v) is 16.0. The van der Waals surface area contributed by atoms with Crippen LogP contribution in [0.5, 0.6) is 5.75 Å². The van der Waals surface area contributed by atoms with Crippen LogP contribution in [0.1, 0.15) is 86.0 Å². The average molecular weight is 967 g/mol. The van der Waals surface area contributed by atoms with Gasteiger partial charge in [0.25, 0.3) is 0 Å². The number of nitrogen functional groups attached to an aromatic ring is 1. The largest absolute Gasteiger partial charge is 0.483 e. The molecule has 2 aliphatic rings. The predicted molar refractivity (Wildman–Crippen MR) is 276 cm³/mol. The second-order valence-corrected chi connectivity index (χ2v) is 20.2. The minimum absolute atomic E-state index is 0.0137. The molecular weight excluding hydrogens is 906 g/mol. The van der Waals surface area contributed by atoms with E-state index < -0.39 is 0 Å². The van der Waals surface area contributed by atoms with Gasteiger partial charge < -0.3 is 31.3 Å². The maximum atomic E-state index is 12.4. The van der Waals surface area contributed by atoms with E-state index in [9.17, 15) is 19.2 Å². The molecule has 354 valence electrons. The first kappa shape index (κ1) is 49.1. The third-order valence-electron chi connectivity index (χ3n) is 12.9. The molecule has 0 aliphatic carbocycles. The lowest BCUT2D eigenvalue weighted by Crippen LogP contribution is -2.49. The van der Waals surface area contributed by atoms with Crippen LogP contribution in [-0.2, 0) is 14.4 Å². The number of rotatable bonds is 20. The SMILES string of the molecule is C=Cc1sc(-c2cccc(NC3CCN(SC/C(N)=C/n4cc(N5CCC(c6ccc(N(C)C(C)CCC(=O)NC=O)c7c(C=O)cccc67)CC5)nc4N)C(C)(C)C3)c2)c(Cl)c1OCC=O. The molecule has 6 N–H and O–H groups in total. The van der Waals surface area contributed by atoms with Gasteiger partial charge in [0.05, 0.1) is 16.0 Å². The smallest absolute Gasteiger partial charge is 0.226 e. The van der Waals surface area contributed by atoms with E-state index in [1.54, 1.807) is 18.0 Å². The number of piperidine rings is 2. The predicted octanol–water partition coefficient (Wildman–Crippen LogP) is 9.06. The summed E-state index contributed by atoms with van der Waals surface area (Å²) in [7, 11) is 1.98. The van der Waals surface area contributed by atoms with Crippen LogP contribution in [-0.4, -0.2) is 95.4 Å². The van der Waals surface area contributed by atoms with Crippen LogP contribution < -0.4 is 36.6 Å². The van der Waals surface area contributed by atoms with Gasteiger partial charge in [-0.2, -0.15) is 4.98 Å². The van der Waals surface area contributed by atoms with Crippen LogP contribution in [0.3, 0.4) is 0 Å². The van der Waals surface area contributed by atoms with Gasteiger partial charge in [-0.15, -0.1) is 11.3 Å². The summed E-state index contributed by atoms with van der Waals surface area (Å²) in [4.78, 5) is 56.7. The van der Waals surface area contributed by atoms with Crippen LogP contribution in [0.25, 0.3) is 33.5 Å². The molecule has 3 aromatic carbocycles. The molecular formula is C50H60ClN9O5S2. The monoisotopic (exact) mass is 965 g/mol. The summed E-state index contributed by atoms with van der Waals surface area (Å²) < 4.78 is 9.85. The van der Waals surface area contributed by atoms with E-state index in [0.717, 1.165) is 94.9 Å². The first-order chi connectivity index (χ1) is 32.2. The minimum Gasteiger partial charge on any atom is -0.483 e. The first-order valence-electron chi connectivity index (χ1n) is 22.6. The van der Waals surface area contributed by atoms with Gasteiger partial charge in [-0.3, -0.25) is 29.1 Å². The zero-order valence-corrected chi connectivity index (χ0v) is 40.9. The van der Waals surface area contributed by atoms with E-state index >= 15 is 0 Å². The van der Waals surface area contributed by atoms with Gasteiger partial charge in [-0.1, -0.05) is 66.5 Å². The molecule has 2 amide bonds. The Morgan fingerprint density at radius 1 is 1.12 bits per heavy atom. The molecule has 2 saturated heterocycles. The summed E-state index contributed by atoms with van der Waals surface area (Å²) >= 11 is 9.95. The maximum absolute atomic E-state index is 12.4. The second-order valence-electron chi connectivity index (χ2n) is 17.8. The first-order valence-corrected chi connectivity index (χ1v) is 24.7. The van der Waals surface area contributed by atoms with Crippen LogP contribution in [0.15, 0.2) is 73.1 Å². The molecule has 14 nitrogen and oxygen atoms in total. The average Bonchev–Trinajstić information content (AvgIpc) is 3.85. The van der Waals surface area contributed by atoms with Crippen LogP contribution in [0.2, 0.25) is 5.02 Å². The molecule has 0 bridgehead atoms. The van der Waals surface area contributed by atoms with E-state index in [-0.39, 0.29) is 42.5 Å². The Kier molecular flexibility index (Phi) is 16.0. The quantitative estimate of drug-likeness (QED) is 0.0429. The topological polar surface area (TPSA) is 181 Å². The number of hydrogen-bond donors (Lipinski definition) is 4. The molecule has 2 aromatic heterocycles. The molecule has 0 radical (unpaired) electrons. The lowest BCUT2D eigenvalue weighted by Gasteiger charge is -2.45. The van der Waals surface area contributed by atoms with E-state index in [1.165, 1.54) is 16.9 Å². The molecule has 2 unspecified atom stereocenters. The Balaban J connectivity index is 0.936. The fraction of sp³-hybridized carbons (Fsp3) is 0.380. The Bertz CT molecular complexity index is 2640. The molecule has 67 heavy (non-hydrogen) atoms. The van der Waals surface area contributed by atoms with Gasteiger partial charge in [-0.05, 0) is 99.6 Å². The number of aldehydes is 2. The molecule has 7 rings (SSSR count). The normalized spacial score (nSPS) is 17.2. The number of imide groups is 1. The highest BCUT2D eigenvalue weighted by Crippen LogP contribution is 2.47. The Labute approximate surface area is 405 Å².